The number of ether oxygens (including phenoxy) is 1. The largest absolute Gasteiger partial charge is 0.372 e. The first-order valence-corrected chi connectivity index (χ1v) is 9.20. The predicted molar refractivity (Wildman–Crippen MR) is 91.2 cm³/mol. The van der Waals surface area contributed by atoms with Crippen LogP contribution in [0.25, 0.3) is 0 Å². The summed E-state index contributed by atoms with van der Waals surface area (Å²) in [5.74, 6) is 0.874. The molecule has 0 bridgehead atoms. The number of hydrogen-bond acceptors (Lipinski definition) is 5. The van der Waals surface area contributed by atoms with Crippen molar-refractivity contribution in [2.75, 3.05) is 32.8 Å². The Bertz CT molecular complexity index is 625. The van der Waals surface area contributed by atoms with Crippen LogP contribution in [-0.4, -0.2) is 65.2 Å². The van der Waals surface area contributed by atoms with E-state index in [1.807, 2.05) is 16.7 Å². The highest BCUT2D eigenvalue weighted by atomic mass is 35.5. The molecule has 138 valence electrons. The fourth-order valence-electron chi connectivity index (χ4n) is 3.54. The molecule has 2 fully saturated rings. The van der Waals surface area contributed by atoms with E-state index < -0.39 is 0 Å². The molecule has 0 atom stereocenters. The zero-order chi connectivity index (χ0) is 17.9. The number of carbonyl (C=O) groups is 2. The molecular formula is C17H24ClN3O4. The van der Waals surface area contributed by atoms with Crippen LogP contribution in [0.4, 0.5) is 0 Å². The highest BCUT2D eigenvalue weighted by Gasteiger charge is 2.40. The van der Waals surface area contributed by atoms with Crippen LogP contribution in [0.3, 0.4) is 0 Å². The van der Waals surface area contributed by atoms with Gasteiger partial charge in [0.15, 0.2) is 5.15 Å². The molecule has 0 aromatic carbocycles. The number of carbonyl (C=O) groups excluding carboxylic acids is 2. The van der Waals surface area contributed by atoms with Crippen LogP contribution in [0, 0.1) is 0 Å². The molecule has 25 heavy (non-hydrogen) atoms. The Balaban J connectivity index is 1.52. The second-order valence-electron chi connectivity index (χ2n) is 6.69. The third-order valence-electron chi connectivity index (χ3n) is 5.08. The zero-order valence-electron chi connectivity index (χ0n) is 14.5. The fraction of sp³-hybridized carbons (Fsp3) is 0.706. The van der Waals surface area contributed by atoms with E-state index in [2.05, 4.69) is 5.16 Å². The summed E-state index contributed by atoms with van der Waals surface area (Å²) in [6.45, 7) is 5.09. The van der Waals surface area contributed by atoms with Crippen LogP contribution in [0.1, 0.15) is 38.4 Å². The van der Waals surface area contributed by atoms with Crippen molar-refractivity contribution in [3.05, 3.63) is 17.0 Å². The van der Waals surface area contributed by atoms with Crippen LogP contribution < -0.4 is 0 Å². The molecule has 3 heterocycles. The lowest BCUT2D eigenvalue weighted by Crippen LogP contribution is -2.53. The molecule has 0 radical (unpaired) electrons. The zero-order valence-corrected chi connectivity index (χ0v) is 15.3. The Labute approximate surface area is 152 Å². The average Bonchev–Trinajstić information content (AvgIpc) is 2.96. The van der Waals surface area contributed by atoms with Gasteiger partial charge < -0.3 is 19.1 Å². The lowest BCUT2D eigenvalue weighted by Gasteiger charge is -2.42. The number of piperidine rings is 1. The first-order valence-electron chi connectivity index (χ1n) is 8.82. The molecule has 2 aliphatic rings. The van der Waals surface area contributed by atoms with Crippen molar-refractivity contribution in [2.24, 2.45) is 0 Å². The Morgan fingerprint density at radius 2 is 2.16 bits per heavy atom. The van der Waals surface area contributed by atoms with E-state index in [1.165, 1.54) is 0 Å². The molecule has 2 saturated heterocycles. The summed E-state index contributed by atoms with van der Waals surface area (Å²) in [5, 5.41) is 3.92. The Hall–Kier alpha value is -1.60. The number of amides is 2. The van der Waals surface area contributed by atoms with E-state index in [0.717, 1.165) is 12.8 Å². The van der Waals surface area contributed by atoms with Gasteiger partial charge in [-0.05, 0) is 19.8 Å². The molecule has 1 aromatic heterocycles. The minimum atomic E-state index is -0.308. The summed E-state index contributed by atoms with van der Waals surface area (Å²) in [6.07, 6.45) is 2.83. The van der Waals surface area contributed by atoms with Gasteiger partial charge in [0.2, 0.25) is 11.8 Å². The van der Waals surface area contributed by atoms with Crippen molar-refractivity contribution in [1.29, 1.82) is 0 Å². The lowest BCUT2D eigenvalue weighted by molar-refractivity contribution is -0.140. The number of aromatic nitrogens is 1. The Morgan fingerprint density at radius 1 is 1.40 bits per heavy atom. The number of halogens is 1. The van der Waals surface area contributed by atoms with Gasteiger partial charge in [-0.2, -0.15) is 0 Å². The number of likely N-dealkylation sites (tertiary alicyclic amines) is 1. The van der Waals surface area contributed by atoms with E-state index >= 15 is 0 Å². The van der Waals surface area contributed by atoms with E-state index in [-0.39, 0.29) is 17.4 Å². The van der Waals surface area contributed by atoms with E-state index in [4.69, 9.17) is 20.9 Å². The van der Waals surface area contributed by atoms with Crippen molar-refractivity contribution in [3.8, 4) is 0 Å². The van der Waals surface area contributed by atoms with Crippen molar-refractivity contribution < 1.29 is 18.8 Å². The number of hydrogen-bond donors (Lipinski definition) is 0. The minimum absolute atomic E-state index is 0.0967. The van der Waals surface area contributed by atoms with Crippen LogP contribution in [0.2, 0.25) is 5.15 Å². The summed E-state index contributed by atoms with van der Waals surface area (Å²) < 4.78 is 11.1. The number of rotatable bonds is 4. The first-order chi connectivity index (χ1) is 12.0. The highest BCUT2D eigenvalue weighted by Crippen LogP contribution is 2.30. The van der Waals surface area contributed by atoms with Gasteiger partial charge in [0.25, 0.3) is 0 Å². The maximum absolute atomic E-state index is 12.4. The molecule has 0 unspecified atom stereocenters. The van der Waals surface area contributed by atoms with Gasteiger partial charge in [-0.1, -0.05) is 16.8 Å². The summed E-state index contributed by atoms with van der Waals surface area (Å²) >= 11 is 5.71. The maximum Gasteiger partial charge on any atom is 0.224 e. The third-order valence-corrected chi connectivity index (χ3v) is 5.26. The second kappa shape index (κ2) is 7.74. The lowest BCUT2D eigenvalue weighted by atomic mass is 9.90. The summed E-state index contributed by atoms with van der Waals surface area (Å²) in [5.41, 5.74) is -0.308. The van der Waals surface area contributed by atoms with Gasteiger partial charge in [0.05, 0.1) is 18.6 Å². The molecule has 7 nitrogen and oxygen atoms in total. The molecule has 0 N–H and O–H groups in total. The standard InChI is InChI=1S/C17H24ClN3O4/c1-2-20-12-17(24-10-5-16(20)23)6-8-21(9-7-17)15(22)4-3-13-11-14(18)19-25-13/h11H,2-10,12H2,1H3. The van der Waals surface area contributed by atoms with Crippen LogP contribution in [0.5, 0.6) is 0 Å². The van der Waals surface area contributed by atoms with Crippen molar-refractivity contribution in [3.63, 3.8) is 0 Å². The normalized spacial score (nSPS) is 20.8. The fourth-order valence-corrected chi connectivity index (χ4v) is 3.70. The van der Waals surface area contributed by atoms with Gasteiger partial charge in [-0.15, -0.1) is 0 Å². The molecule has 1 spiro atoms. The second-order valence-corrected chi connectivity index (χ2v) is 7.07. The molecule has 0 saturated carbocycles. The Kier molecular flexibility index (Phi) is 5.64. The first kappa shape index (κ1) is 18.2. The number of nitrogens with zero attached hydrogens (tertiary/aromatic N) is 3. The third kappa shape index (κ3) is 4.33. The predicted octanol–water partition coefficient (Wildman–Crippen LogP) is 1.89. The smallest absolute Gasteiger partial charge is 0.224 e. The van der Waals surface area contributed by atoms with Crippen molar-refractivity contribution in [1.82, 2.24) is 15.0 Å². The molecule has 0 aliphatic carbocycles. The van der Waals surface area contributed by atoms with Gasteiger partial charge in [-0.3, -0.25) is 9.59 Å². The molecular weight excluding hydrogens is 346 g/mol. The summed E-state index contributed by atoms with van der Waals surface area (Å²) in [7, 11) is 0. The maximum atomic E-state index is 12.4. The van der Waals surface area contributed by atoms with Crippen molar-refractivity contribution in [2.45, 2.75) is 44.6 Å². The quantitative estimate of drug-likeness (QED) is 0.810. The molecule has 2 amide bonds. The average molecular weight is 370 g/mol. The van der Waals surface area contributed by atoms with Gasteiger partial charge in [-0.25, -0.2) is 0 Å². The Morgan fingerprint density at radius 3 is 2.80 bits per heavy atom. The van der Waals surface area contributed by atoms with Gasteiger partial charge in [0, 0.05) is 45.1 Å². The van der Waals surface area contributed by atoms with E-state index in [9.17, 15) is 9.59 Å². The molecule has 2 aliphatic heterocycles. The van der Waals surface area contributed by atoms with Crippen LogP contribution in [0.15, 0.2) is 10.6 Å². The van der Waals surface area contributed by atoms with Gasteiger partial charge >= 0.3 is 0 Å². The monoisotopic (exact) mass is 369 g/mol. The van der Waals surface area contributed by atoms with Crippen LogP contribution >= 0.6 is 11.6 Å². The SMILES string of the molecule is CCN1CC2(CCN(C(=O)CCc3cc(Cl)no3)CC2)OCCC1=O. The highest BCUT2D eigenvalue weighted by molar-refractivity contribution is 6.29. The molecule has 1 aromatic rings. The van der Waals surface area contributed by atoms with Crippen molar-refractivity contribution >= 4 is 23.4 Å². The number of likely N-dealkylation sites (N-methyl/N-ethyl adjacent to an activating group) is 1. The van der Waals surface area contributed by atoms with E-state index in [0.29, 0.717) is 63.0 Å². The summed E-state index contributed by atoms with van der Waals surface area (Å²) in [6, 6.07) is 1.63. The summed E-state index contributed by atoms with van der Waals surface area (Å²) in [4.78, 5) is 28.2. The van der Waals surface area contributed by atoms with Gasteiger partial charge in [0.1, 0.15) is 5.76 Å². The number of aryl methyl sites for hydroxylation is 1. The van der Waals surface area contributed by atoms with E-state index in [1.54, 1.807) is 6.07 Å². The molecule has 8 heteroatoms. The topological polar surface area (TPSA) is 75.9 Å². The minimum Gasteiger partial charge on any atom is -0.372 e. The van der Waals surface area contributed by atoms with Crippen LogP contribution in [-0.2, 0) is 20.7 Å². The molecule has 3 rings (SSSR count).